The molecule has 0 spiro atoms. The normalized spacial score (nSPS) is 28.6. The van der Waals surface area contributed by atoms with Gasteiger partial charge in [0, 0.05) is 12.8 Å². The summed E-state index contributed by atoms with van der Waals surface area (Å²) in [4.78, 5) is 0. The van der Waals surface area contributed by atoms with Crippen LogP contribution >= 0.6 is 0 Å². The predicted octanol–water partition coefficient (Wildman–Crippen LogP) is 4.72. The van der Waals surface area contributed by atoms with Crippen molar-refractivity contribution in [2.75, 3.05) is 0 Å². The van der Waals surface area contributed by atoms with E-state index >= 15 is 0 Å². The molecule has 0 saturated heterocycles. The van der Waals surface area contributed by atoms with Gasteiger partial charge in [-0.25, -0.2) is 0 Å². The van der Waals surface area contributed by atoms with Gasteiger partial charge in [-0.3, -0.25) is 0 Å². The van der Waals surface area contributed by atoms with E-state index < -0.39 is 16.6 Å². The van der Waals surface area contributed by atoms with E-state index in [4.69, 9.17) is 8.85 Å². The number of hydrogen-bond donors (Lipinski definition) is 0. The Morgan fingerprint density at radius 1 is 0.722 bits per heavy atom. The van der Waals surface area contributed by atoms with Gasteiger partial charge in [-0.15, -0.1) is 0 Å². The van der Waals surface area contributed by atoms with Gasteiger partial charge < -0.3 is 8.85 Å². The van der Waals surface area contributed by atoms with Crippen LogP contribution < -0.4 is 0 Å². The van der Waals surface area contributed by atoms with E-state index in [1.165, 1.54) is 24.4 Å². The smallest absolute Gasteiger partial charge is 0.241 e. The second kappa shape index (κ2) is 4.71. The molecule has 0 aromatic heterocycles. The van der Waals surface area contributed by atoms with Crippen molar-refractivity contribution < 1.29 is 8.85 Å². The van der Waals surface area contributed by atoms with Crippen molar-refractivity contribution in [3.63, 3.8) is 0 Å². The highest BCUT2D eigenvalue weighted by molar-refractivity contribution is 6.70. The van der Waals surface area contributed by atoms with E-state index in [0.717, 1.165) is 24.7 Å². The summed E-state index contributed by atoms with van der Waals surface area (Å²) in [6.07, 6.45) is 5.02. The monoisotopic (exact) mass is 284 g/mol. The number of hydrogen-bond acceptors (Lipinski definition) is 2. The maximum absolute atomic E-state index is 6.33. The van der Waals surface area contributed by atoms with E-state index in [0.29, 0.717) is 0 Å². The minimum Gasteiger partial charge on any atom is -0.545 e. The molecule has 0 unspecified atom stereocenters. The molecular weight excluding hydrogens is 256 g/mol. The standard InChI is InChI=1S/C14H28O2Si2/c1-17(2,3)15-13-9-11-7-12(8-11)10-14(13)16-18(4,5)6/h11-12H,7-10H2,1-6H3. The van der Waals surface area contributed by atoms with Crippen LogP contribution in [-0.2, 0) is 8.85 Å². The zero-order valence-corrected chi connectivity index (χ0v) is 14.8. The molecular formula is C14H28O2Si2. The third-order valence-corrected chi connectivity index (χ3v) is 5.17. The Balaban J connectivity index is 2.19. The highest BCUT2D eigenvalue weighted by atomic mass is 28.4. The molecule has 1 fully saturated rings. The van der Waals surface area contributed by atoms with Gasteiger partial charge in [0.1, 0.15) is 11.5 Å². The van der Waals surface area contributed by atoms with Crippen LogP contribution in [0.3, 0.4) is 0 Å². The highest BCUT2D eigenvalue weighted by Gasteiger charge is 2.38. The van der Waals surface area contributed by atoms with Crippen molar-refractivity contribution in [2.45, 2.75) is 65.0 Å². The molecule has 3 rings (SSSR count). The summed E-state index contributed by atoms with van der Waals surface area (Å²) in [6.45, 7) is 13.6. The van der Waals surface area contributed by atoms with Gasteiger partial charge in [0.2, 0.25) is 16.6 Å². The lowest BCUT2D eigenvalue weighted by Gasteiger charge is -2.32. The van der Waals surface area contributed by atoms with E-state index in [-0.39, 0.29) is 0 Å². The number of fused-ring (bicyclic) bond motifs is 2. The Labute approximate surface area is 114 Å². The molecule has 0 radical (unpaired) electrons. The average Bonchev–Trinajstić information content (AvgIpc) is 2.27. The first kappa shape index (κ1) is 14.2. The molecule has 3 aliphatic carbocycles. The third-order valence-electron chi connectivity index (χ3n) is 3.45. The van der Waals surface area contributed by atoms with Gasteiger partial charge in [0.15, 0.2) is 0 Å². The molecule has 0 atom stereocenters. The molecule has 104 valence electrons. The van der Waals surface area contributed by atoms with Crippen LogP contribution in [0, 0.1) is 11.8 Å². The minimum atomic E-state index is -1.52. The first-order chi connectivity index (χ1) is 8.12. The number of allylic oxidation sites excluding steroid dienone is 2. The lowest BCUT2D eigenvalue weighted by Crippen LogP contribution is -2.29. The van der Waals surface area contributed by atoms with Gasteiger partial charge in [-0.2, -0.15) is 0 Å². The van der Waals surface area contributed by atoms with Crippen molar-refractivity contribution in [1.82, 2.24) is 0 Å². The zero-order valence-electron chi connectivity index (χ0n) is 12.8. The molecule has 2 nitrogen and oxygen atoms in total. The van der Waals surface area contributed by atoms with Gasteiger partial charge in [0.25, 0.3) is 0 Å². The second-order valence-electron chi connectivity index (χ2n) is 7.89. The van der Waals surface area contributed by atoms with Gasteiger partial charge in [-0.05, 0) is 64.0 Å². The van der Waals surface area contributed by atoms with E-state index in [1.54, 1.807) is 0 Å². The summed E-state index contributed by atoms with van der Waals surface area (Å²) in [6, 6.07) is 0. The van der Waals surface area contributed by atoms with Crippen LogP contribution in [0.15, 0.2) is 11.5 Å². The fourth-order valence-corrected chi connectivity index (χ4v) is 4.77. The van der Waals surface area contributed by atoms with Crippen LogP contribution in [-0.4, -0.2) is 16.6 Å². The number of rotatable bonds is 4. The quantitative estimate of drug-likeness (QED) is 0.695. The molecule has 0 aromatic rings. The van der Waals surface area contributed by atoms with Crippen LogP contribution in [0.4, 0.5) is 0 Å². The van der Waals surface area contributed by atoms with Gasteiger partial charge in [0.05, 0.1) is 0 Å². The molecule has 0 aliphatic heterocycles. The maximum atomic E-state index is 6.33. The lowest BCUT2D eigenvalue weighted by atomic mass is 9.74. The van der Waals surface area contributed by atoms with Crippen LogP contribution in [0.5, 0.6) is 0 Å². The minimum absolute atomic E-state index is 0.865. The fraction of sp³-hybridized carbons (Fsp3) is 0.857. The first-order valence-electron chi connectivity index (χ1n) is 7.22. The summed E-state index contributed by atoms with van der Waals surface area (Å²) >= 11 is 0. The van der Waals surface area contributed by atoms with E-state index in [2.05, 4.69) is 39.3 Å². The Morgan fingerprint density at radius 2 is 1.06 bits per heavy atom. The Kier molecular flexibility index (Phi) is 3.71. The summed E-state index contributed by atoms with van der Waals surface area (Å²) in [5.41, 5.74) is 0. The van der Waals surface area contributed by atoms with E-state index in [9.17, 15) is 0 Å². The molecule has 18 heavy (non-hydrogen) atoms. The molecule has 0 amide bonds. The first-order valence-corrected chi connectivity index (χ1v) is 14.0. The summed E-state index contributed by atoms with van der Waals surface area (Å²) in [5, 5.41) is 0. The Hall–Kier alpha value is -0.226. The molecule has 1 saturated carbocycles. The topological polar surface area (TPSA) is 18.5 Å². The van der Waals surface area contributed by atoms with Crippen LogP contribution in [0.2, 0.25) is 39.3 Å². The van der Waals surface area contributed by atoms with Crippen molar-refractivity contribution >= 4 is 16.6 Å². The van der Waals surface area contributed by atoms with Crippen LogP contribution in [0.25, 0.3) is 0 Å². The third kappa shape index (κ3) is 3.88. The molecule has 0 N–H and O–H groups in total. The lowest BCUT2D eigenvalue weighted by molar-refractivity contribution is 0.188. The highest BCUT2D eigenvalue weighted by Crippen LogP contribution is 2.47. The molecule has 2 bridgehead atoms. The molecule has 3 aliphatic rings. The molecule has 0 heterocycles. The van der Waals surface area contributed by atoms with Crippen molar-refractivity contribution in [2.24, 2.45) is 11.8 Å². The van der Waals surface area contributed by atoms with Gasteiger partial charge >= 0.3 is 0 Å². The Bertz CT molecular complexity index is 312. The average molecular weight is 285 g/mol. The maximum Gasteiger partial charge on any atom is 0.241 e. The second-order valence-corrected chi connectivity index (χ2v) is 16.7. The van der Waals surface area contributed by atoms with Crippen molar-refractivity contribution in [1.29, 1.82) is 0 Å². The van der Waals surface area contributed by atoms with Crippen LogP contribution in [0.1, 0.15) is 25.7 Å². The van der Waals surface area contributed by atoms with Crippen molar-refractivity contribution in [3.05, 3.63) is 11.5 Å². The molecule has 4 heteroatoms. The van der Waals surface area contributed by atoms with Gasteiger partial charge in [-0.1, -0.05) is 0 Å². The SMILES string of the molecule is C[Si](C)(C)OC1=C(O[Si](C)(C)C)CC2CC(C1)C2. The largest absolute Gasteiger partial charge is 0.545 e. The molecule has 0 aromatic carbocycles. The fourth-order valence-electron chi connectivity index (χ4n) is 2.90. The zero-order chi connectivity index (χ0) is 13.6. The summed E-state index contributed by atoms with van der Waals surface area (Å²) < 4.78 is 12.7. The summed E-state index contributed by atoms with van der Waals surface area (Å²) in [7, 11) is -3.04. The van der Waals surface area contributed by atoms with E-state index in [1.807, 2.05) is 0 Å². The Morgan fingerprint density at radius 3 is 1.33 bits per heavy atom. The summed E-state index contributed by atoms with van der Waals surface area (Å²) in [5.74, 6) is 4.15. The predicted molar refractivity (Wildman–Crippen MR) is 81.3 cm³/mol. The van der Waals surface area contributed by atoms with Crippen molar-refractivity contribution in [3.8, 4) is 0 Å².